The van der Waals surface area contributed by atoms with Gasteiger partial charge in [-0.15, -0.1) is 0 Å². The number of hydrogen-bond donors (Lipinski definition) is 0. The first-order valence-corrected chi connectivity index (χ1v) is 5.15. The maximum Gasteiger partial charge on any atom is 0.159 e. The molecule has 0 fully saturated rings. The third kappa shape index (κ3) is 3.48. The quantitative estimate of drug-likeness (QED) is 0.718. The van der Waals surface area contributed by atoms with Gasteiger partial charge in [-0.2, -0.15) is 0 Å². The molecule has 80 valence electrons. The Bertz CT molecular complexity index is 365. The first-order chi connectivity index (χ1) is 7.15. The van der Waals surface area contributed by atoms with Crippen molar-refractivity contribution in [2.24, 2.45) is 0 Å². The Kier molecular flexibility index (Phi) is 4.50. The third-order valence-corrected chi connectivity index (χ3v) is 2.31. The van der Waals surface area contributed by atoms with Crippen molar-refractivity contribution in [3.05, 3.63) is 46.8 Å². The van der Waals surface area contributed by atoms with E-state index in [9.17, 15) is 9.18 Å². The van der Waals surface area contributed by atoms with Crippen LogP contribution in [0.15, 0.2) is 30.4 Å². The monoisotopic (exact) mass is 226 g/mol. The molecule has 0 saturated carbocycles. The fourth-order valence-electron chi connectivity index (χ4n) is 1.18. The first kappa shape index (κ1) is 11.9. The molecule has 0 unspecified atom stereocenters. The highest BCUT2D eigenvalue weighted by atomic mass is 35.5. The summed E-state index contributed by atoms with van der Waals surface area (Å²) in [6.45, 7) is 1.93. The molecule has 0 amide bonds. The fourth-order valence-corrected chi connectivity index (χ4v) is 1.41. The lowest BCUT2D eigenvalue weighted by Gasteiger charge is -2.02. The Labute approximate surface area is 93.6 Å². The molecular formula is C12H12ClFO. The lowest BCUT2D eigenvalue weighted by molar-refractivity contribution is -0.114. The SMILES string of the molecule is CC/C=C/C(=O)Cc1c(F)cccc1Cl. The van der Waals surface area contributed by atoms with Gasteiger partial charge in [-0.3, -0.25) is 4.79 Å². The normalized spacial score (nSPS) is 10.9. The molecule has 0 N–H and O–H groups in total. The Morgan fingerprint density at radius 2 is 2.27 bits per heavy atom. The molecule has 0 spiro atoms. The second-order valence-electron chi connectivity index (χ2n) is 3.15. The van der Waals surface area contributed by atoms with Gasteiger partial charge < -0.3 is 0 Å². The van der Waals surface area contributed by atoms with E-state index in [0.717, 1.165) is 6.42 Å². The lowest BCUT2D eigenvalue weighted by atomic mass is 10.1. The minimum Gasteiger partial charge on any atom is -0.294 e. The van der Waals surface area contributed by atoms with Gasteiger partial charge in [0.1, 0.15) is 5.82 Å². The van der Waals surface area contributed by atoms with Gasteiger partial charge in [0.2, 0.25) is 0 Å². The summed E-state index contributed by atoms with van der Waals surface area (Å²) in [6, 6.07) is 4.41. The van der Waals surface area contributed by atoms with Crippen LogP contribution in [-0.4, -0.2) is 5.78 Å². The van der Waals surface area contributed by atoms with Crippen LogP contribution >= 0.6 is 11.6 Å². The third-order valence-electron chi connectivity index (χ3n) is 1.95. The van der Waals surface area contributed by atoms with Gasteiger partial charge in [-0.05, 0) is 24.6 Å². The van der Waals surface area contributed by atoms with E-state index in [2.05, 4.69) is 0 Å². The molecule has 3 heteroatoms. The van der Waals surface area contributed by atoms with Crippen LogP contribution in [0.2, 0.25) is 5.02 Å². The molecule has 0 aromatic heterocycles. The summed E-state index contributed by atoms with van der Waals surface area (Å²) in [7, 11) is 0. The molecule has 1 nitrogen and oxygen atoms in total. The molecule has 0 atom stereocenters. The topological polar surface area (TPSA) is 17.1 Å². The van der Waals surface area contributed by atoms with Gasteiger partial charge in [0.05, 0.1) is 0 Å². The average Bonchev–Trinajstić information content (AvgIpc) is 2.21. The van der Waals surface area contributed by atoms with Crippen molar-refractivity contribution in [1.29, 1.82) is 0 Å². The highest BCUT2D eigenvalue weighted by Gasteiger charge is 2.09. The summed E-state index contributed by atoms with van der Waals surface area (Å²) in [5.74, 6) is -0.565. The van der Waals surface area contributed by atoms with Crippen LogP contribution in [0, 0.1) is 5.82 Å². The molecule has 0 radical (unpaired) electrons. The van der Waals surface area contributed by atoms with E-state index in [1.807, 2.05) is 6.92 Å². The molecule has 0 aliphatic rings. The molecule has 0 aliphatic carbocycles. The van der Waals surface area contributed by atoms with Gasteiger partial charge >= 0.3 is 0 Å². The maximum atomic E-state index is 13.3. The predicted molar refractivity (Wildman–Crippen MR) is 59.6 cm³/mol. The van der Waals surface area contributed by atoms with E-state index in [1.54, 1.807) is 12.1 Å². The number of carbonyl (C=O) groups excluding carboxylic acids is 1. The fraction of sp³-hybridized carbons (Fsp3) is 0.250. The number of carbonyl (C=O) groups is 1. The zero-order valence-corrected chi connectivity index (χ0v) is 9.22. The zero-order valence-electron chi connectivity index (χ0n) is 8.47. The second-order valence-corrected chi connectivity index (χ2v) is 3.56. The van der Waals surface area contributed by atoms with Crippen molar-refractivity contribution in [2.75, 3.05) is 0 Å². The highest BCUT2D eigenvalue weighted by Crippen LogP contribution is 2.19. The molecule has 1 aromatic rings. The summed E-state index contributed by atoms with van der Waals surface area (Å²) in [5.41, 5.74) is 0.268. The van der Waals surface area contributed by atoms with Gasteiger partial charge in [0.15, 0.2) is 5.78 Å². The Balaban J connectivity index is 2.80. The number of allylic oxidation sites excluding steroid dienone is 2. The van der Waals surface area contributed by atoms with Crippen LogP contribution in [0.3, 0.4) is 0 Å². The largest absolute Gasteiger partial charge is 0.294 e. The second kappa shape index (κ2) is 5.66. The standard InChI is InChI=1S/C12H12ClFO/c1-2-3-5-9(15)8-10-11(13)6-4-7-12(10)14/h3-7H,2,8H2,1H3/b5-3+. The predicted octanol–water partition coefficient (Wildman–Crippen LogP) is 3.56. The smallest absolute Gasteiger partial charge is 0.159 e. The van der Waals surface area contributed by atoms with Crippen LogP contribution < -0.4 is 0 Å². The van der Waals surface area contributed by atoms with Crippen LogP contribution in [0.25, 0.3) is 0 Å². The summed E-state index contributed by atoms with van der Waals surface area (Å²) in [4.78, 5) is 11.4. The Morgan fingerprint density at radius 1 is 1.53 bits per heavy atom. The van der Waals surface area contributed by atoms with Crippen molar-refractivity contribution >= 4 is 17.4 Å². The van der Waals surface area contributed by atoms with E-state index in [4.69, 9.17) is 11.6 Å². The molecule has 0 saturated heterocycles. The summed E-state index contributed by atoms with van der Waals surface area (Å²) in [5, 5.41) is 0.299. The van der Waals surface area contributed by atoms with E-state index < -0.39 is 5.82 Å². The Hall–Kier alpha value is -1.15. The minimum atomic E-state index is -0.430. The molecule has 1 rings (SSSR count). The number of hydrogen-bond acceptors (Lipinski definition) is 1. The molecule has 0 heterocycles. The van der Waals surface area contributed by atoms with Crippen molar-refractivity contribution in [2.45, 2.75) is 19.8 Å². The van der Waals surface area contributed by atoms with E-state index >= 15 is 0 Å². The van der Waals surface area contributed by atoms with Gasteiger partial charge in [0, 0.05) is 17.0 Å². The van der Waals surface area contributed by atoms with Crippen molar-refractivity contribution in [3.8, 4) is 0 Å². The summed E-state index contributed by atoms with van der Waals surface area (Å²) < 4.78 is 13.3. The van der Waals surface area contributed by atoms with Gasteiger partial charge in [0.25, 0.3) is 0 Å². The summed E-state index contributed by atoms with van der Waals surface area (Å²) >= 11 is 5.79. The molecular weight excluding hydrogens is 215 g/mol. The molecule has 0 aliphatic heterocycles. The van der Waals surface area contributed by atoms with Gasteiger partial charge in [-0.1, -0.05) is 30.7 Å². The minimum absolute atomic E-state index is 0.0159. The van der Waals surface area contributed by atoms with Crippen LogP contribution in [0.5, 0.6) is 0 Å². The molecule has 1 aromatic carbocycles. The van der Waals surface area contributed by atoms with E-state index in [-0.39, 0.29) is 17.8 Å². The lowest BCUT2D eigenvalue weighted by Crippen LogP contribution is -2.01. The Morgan fingerprint density at radius 3 is 2.87 bits per heavy atom. The van der Waals surface area contributed by atoms with Crippen LogP contribution in [0.1, 0.15) is 18.9 Å². The van der Waals surface area contributed by atoms with Crippen molar-refractivity contribution in [1.82, 2.24) is 0 Å². The van der Waals surface area contributed by atoms with Crippen LogP contribution in [0.4, 0.5) is 4.39 Å². The maximum absolute atomic E-state index is 13.3. The molecule has 0 bridgehead atoms. The van der Waals surface area contributed by atoms with Crippen molar-refractivity contribution < 1.29 is 9.18 Å². The number of benzene rings is 1. The van der Waals surface area contributed by atoms with E-state index in [1.165, 1.54) is 18.2 Å². The van der Waals surface area contributed by atoms with Gasteiger partial charge in [-0.25, -0.2) is 4.39 Å². The number of ketones is 1. The first-order valence-electron chi connectivity index (χ1n) is 4.77. The highest BCUT2D eigenvalue weighted by molar-refractivity contribution is 6.31. The molecule has 15 heavy (non-hydrogen) atoms. The van der Waals surface area contributed by atoms with E-state index in [0.29, 0.717) is 5.02 Å². The zero-order chi connectivity index (χ0) is 11.3. The summed E-state index contributed by atoms with van der Waals surface area (Å²) in [6.07, 6.45) is 4.01. The van der Waals surface area contributed by atoms with Crippen molar-refractivity contribution in [3.63, 3.8) is 0 Å². The number of halogens is 2. The number of rotatable bonds is 4. The van der Waals surface area contributed by atoms with Crippen LogP contribution in [-0.2, 0) is 11.2 Å². The average molecular weight is 227 g/mol.